The van der Waals surface area contributed by atoms with Gasteiger partial charge in [-0.2, -0.15) is 0 Å². The molecule has 0 atom stereocenters. The molecule has 53 heavy (non-hydrogen) atoms. The Labute approximate surface area is 307 Å². The van der Waals surface area contributed by atoms with Gasteiger partial charge in [0.15, 0.2) is 5.82 Å². The molecule has 0 radical (unpaired) electrons. The van der Waals surface area contributed by atoms with E-state index < -0.39 is 0 Å². The highest BCUT2D eigenvalue weighted by atomic mass is 16.3. The number of hydrogen-bond acceptors (Lipinski definition) is 3. The van der Waals surface area contributed by atoms with Crippen LogP contribution in [0.1, 0.15) is 0 Å². The van der Waals surface area contributed by atoms with Crippen molar-refractivity contribution in [1.29, 1.82) is 0 Å². The third-order valence-electron chi connectivity index (χ3n) is 10.1. The van der Waals surface area contributed by atoms with Crippen LogP contribution in [-0.4, -0.2) is 9.97 Å². The van der Waals surface area contributed by atoms with E-state index in [-0.39, 0.29) is 0 Å². The third-order valence-corrected chi connectivity index (χ3v) is 10.1. The normalized spacial score (nSPS) is 11.4. The Balaban J connectivity index is 1.19. The molecule has 0 spiro atoms. The van der Waals surface area contributed by atoms with Crippen molar-refractivity contribution in [3.8, 4) is 67.3 Å². The molecule has 3 heteroatoms. The van der Waals surface area contributed by atoms with Crippen molar-refractivity contribution >= 4 is 32.7 Å². The molecule has 10 aromatic rings. The summed E-state index contributed by atoms with van der Waals surface area (Å²) >= 11 is 0. The molecular formula is C50H32N2O. The molecule has 3 nitrogen and oxygen atoms in total. The molecule has 0 aliphatic carbocycles. The minimum atomic E-state index is 0.679. The summed E-state index contributed by atoms with van der Waals surface area (Å²) in [4.78, 5) is 10.5. The van der Waals surface area contributed by atoms with Crippen LogP contribution in [0.4, 0.5) is 0 Å². The number of para-hydroxylation sites is 1. The van der Waals surface area contributed by atoms with Crippen molar-refractivity contribution in [3.63, 3.8) is 0 Å². The molecule has 8 aromatic carbocycles. The fourth-order valence-corrected chi connectivity index (χ4v) is 7.53. The summed E-state index contributed by atoms with van der Waals surface area (Å²) in [5.74, 6) is 0.679. The highest BCUT2D eigenvalue weighted by Gasteiger charge is 2.17. The molecule has 0 bridgehead atoms. The summed E-state index contributed by atoms with van der Waals surface area (Å²) in [7, 11) is 0. The van der Waals surface area contributed by atoms with Crippen LogP contribution in [0.3, 0.4) is 0 Å². The van der Waals surface area contributed by atoms with Crippen molar-refractivity contribution < 1.29 is 4.42 Å². The maximum absolute atomic E-state index is 6.32. The lowest BCUT2D eigenvalue weighted by Gasteiger charge is -2.14. The Morgan fingerprint density at radius 1 is 0.321 bits per heavy atom. The highest BCUT2D eigenvalue weighted by Crippen LogP contribution is 2.40. The lowest BCUT2D eigenvalue weighted by atomic mass is 9.92. The van der Waals surface area contributed by atoms with Crippen molar-refractivity contribution in [3.05, 3.63) is 194 Å². The summed E-state index contributed by atoms with van der Waals surface area (Å²) in [6, 6.07) is 68.0. The second kappa shape index (κ2) is 12.9. The first-order valence-electron chi connectivity index (χ1n) is 17.9. The second-order valence-corrected chi connectivity index (χ2v) is 13.4. The molecule has 0 saturated heterocycles. The van der Waals surface area contributed by atoms with E-state index in [1.807, 2.05) is 18.2 Å². The molecule has 0 amide bonds. The lowest BCUT2D eigenvalue weighted by Crippen LogP contribution is -1.97. The SMILES string of the molecule is c1ccc(-c2cc(-c3cc(-c4ccccc4)nc(-c4cccc(-c5cccc6ccccc56)c4)n3)cc(-c3cccc4oc5ccccc5c34)c2)cc1. The number of rotatable bonds is 6. The van der Waals surface area contributed by atoms with Gasteiger partial charge in [-0.05, 0) is 86.6 Å². The molecule has 2 heterocycles. The number of furan rings is 1. The number of nitrogens with zero attached hydrogens (tertiary/aromatic N) is 2. The van der Waals surface area contributed by atoms with Gasteiger partial charge in [0.25, 0.3) is 0 Å². The average Bonchev–Trinajstić information content (AvgIpc) is 3.63. The zero-order valence-electron chi connectivity index (χ0n) is 28.8. The summed E-state index contributed by atoms with van der Waals surface area (Å²) in [5.41, 5.74) is 13.3. The maximum atomic E-state index is 6.32. The van der Waals surface area contributed by atoms with Gasteiger partial charge in [0, 0.05) is 27.5 Å². The average molecular weight is 677 g/mol. The first-order chi connectivity index (χ1) is 26.2. The largest absolute Gasteiger partial charge is 0.456 e. The van der Waals surface area contributed by atoms with Gasteiger partial charge >= 0.3 is 0 Å². The van der Waals surface area contributed by atoms with Gasteiger partial charge < -0.3 is 4.42 Å². The highest BCUT2D eigenvalue weighted by molar-refractivity contribution is 6.12. The van der Waals surface area contributed by atoms with Gasteiger partial charge in [0.05, 0.1) is 11.4 Å². The monoisotopic (exact) mass is 676 g/mol. The van der Waals surface area contributed by atoms with E-state index in [4.69, 9.17) is 14.4 Å². The third kappa shape index (κ3) is 5.65. The minimum absolute atomic E-state index is 0.679. The molecule has 0 aliphatic heterocycles. The van der Waals surface area contributed by atoms with Gasteiger partial charge in [-0.1, -0.05) is 152 Å². The Morgan fingerprint density at radius 2 is 0.868 bits per heavy atom. The predicted octanol–water partition coefficient (Wildman–Crippen LogP) is 13.5. The second-order valence-electron chi connectivity index (χ2n) is 13.4. The van der Waals surface area contributed by atoms with Crippen molar-refractivity contribution in [1.82, 2.24) is 9.97 Å². The molecule has 2 aromatic heterocycles. The topological polar surface area (TPSA) is 38.9 Å². The van der Waals surface area contributed by atoms with Crippen LogP contribution in [0.25, 0.3) is 100.0 Å². The fourth-order valence-electron chi connectivity index (χ4n) is 7.53. The van der Waals surface area contributed by atoms with E-state index in [1.165, 1.54) is 16.3 Å². The number of fused-ring (bicyclic) bond motifs is 4. The van der Waals surface area contributed by atoms with Crippen LogP contribution in [0.5, 0.6) is 0 Å². The standard InChI is InChI=1S/C50H32N2O/c1-3-14-33(15-4-1)38-29-39(43-25-13-27-48-49(43)44-23-9-10-26-47(44)53-48)31-40(30-38)46-32-45(35-17-5-2-6-18-35)51-50(52-46)37-21-11-20-36(28-37)42-24-12-19-34-16-7-8-22-41(34)42/h1-32H. The smallest absolute Gasteiger partial charge is 0.160 e. The van der Waals surface area contributed by atoms with Crippen LogP contribution < -0.4 is 0 Å². The zero-order chi connectivity index (χ0) is 35.1. The number of aromatic nitrogens is 2. The van der Waals surface area contributed by atoms with Gasteiger partial charge in [0.2, 0.25) is 0 Å². The van der Waals surface area contributed by atoms with Gasteiger partial charge in [0.1, 0.15) is 11.2 Å². The molecule has 0 aliphatic rings. The van der Waals surface area contributed by atoms with E-state index in [9.17, 15) is 0 Å². The van der Waals surface area contributed by atoms with Gasteiger partial charge in [-0.15, -0.1) is 0 Å². The maximum Gasteiger partial charge on any atom is 0.160 e. The van der Waals surface area contributed by atoms with Crippen LogP contribution in [0, 0.1) is 0 Å². The van der Waals surface area contributed by atoms with E-state index in [1.54, 1.807) is 0 Å². The van der Waals surface area contributed by atoms with E-state index >= 15 is 0 Å². The quantitative estimate of drug-likeness (QED) is 0.176. The van der Waals surface area contributed by atoms with Crippen LogP contribution in [0.15, 0.2) is 199 Å². The zero-order valence-corrected chi connectivity index (χ0v) is 28.8. The molecule has 10 rings (SSSR count). The fraction of sp³-hybridized carbons (Fsp3) is 0. The van der Waals surface area contributed by atoms with Gasteiger partial charge in [-0.3, -0.25) is 0 Å². The Bertz CT molecular complexity index is 2940. The lowest BCUT2D eigenvalue weighted by molar-refractivity contribution is 0.669. The number of benzene rings is 8. The van der Waals surface area contributed by atoms with Crippen molar-refractivity contribution in [2.75, 3.05) is 0 Å². The molecule has 0 saturated carbocycles. The summed E-state index contributed by atoms with van der Waals surface area (Å²) in [5, 5.41) is 4.65. The summed E-state index contributed by atoms with van der Waals surface area (Å²) < 4.78 is 6.32. The van der Waals surface area contributed by atoms with Crippen LogP contribution in [0.2, 0.25) is 0 Å². The van der Waals surface area contributed by atoms with Gasteiger partial charge in [-0.25, -0.2) is 9.97 Å². The number of hydrogen-bond donors (Lipinski definition) is 0. The van der Waals surface area contributed by atoms with Crippen LogP contribution in [-0.2, 0) is 0 Å². The van der Waals surface area contributed by atoms with Crippen molar-refractivity contribution in [2.24, 2.45) is 0 Å². The summed E-state index contributed by atoms with van der Waals surface area (Å²) in [6.45, 7) is 0. The predicted molar refractivity (Wildman–Crippen MR) is 219 cm³/mol. The first-order valence-corrected chi connectivity index (χ1v) is 17.9. The van der Waals surface area contributed by atoms with E-state index in [2.05, 4.69) is 176 Å². The minimum Gasteiger partial charge on any atom is -0.456 e. The molecular weight excluding hydrogens is 645 g/mol. The Kier molecular flexibility index (Phi) is 7.47. The molecule has 248 valence electrons. The molecule has 0 unspecified atom stereocenters. The molecule has 0 fully saturated rings. The first kappa shape index (κ1) is 30.7. The Hall–Kier alpha value is -7.10. The van der Waals surface area contributed by atoms with E-state index in [0.29, 0.717) is 5.82 Å². The Morgan fingerprint density at radius 3 is 1.72 bits per heavy atom. The van der Waals surface area contributed by atoms with E-state index in [0.717, 1.165) is 77.8 Å². The summed E-state index contributed by atoms with van der Waals surface area (Å²) in [6.07, 6.45) is 0. The molecule has 0 N–H and O–H groups in total. The van der Waals surface area contributed by atoms with Crippen molar-refractivity contribution in [2.45, 2.75) is 0 Å². The van der Waals surface area contributed by atoms with Crippen LogP contribution >= 0.6 is 0 Å².